The van der Waals surface area contributed by atoms with Gasteiger partial charge in [0.05, 0.1) is 6.10 Å². The van der Waals surface area contributed by atoms with E-state index in [1.807, 2.05) is 0 Å². The molecule has 2 aromatic rings. The van der Waals surface area contributed by atoms with Crippen molar-refractivity contribution < 1.29 is 18.7 Å². The van der Waals surface area contributed by atoms with Crippen LogP contribution in [0.25, 0.3) is 0 Å². The molecule has 2 rings (SSSR count). The zero-order chi connectivity index (χ0) is 14.7. The van der Waals surface area contributed by atoms with Gasteiger partial charge in [-0.2, -0.15) is 11.3 Å². The molecule has 0 saturated heterocycles. The number of benzene rings is 1. The molecule has 0 radical (unpaired) electrons. The maximum atomic E-state index is 13.6. The van der Waals surface area contributed by atoms with Gasteiger partial charge < -0.3 is 10.4 Å². The minimum Gasteiger partial charge on any atom is -0.387 e. The van der Waals surface area contributed by atoms with E-state index in [2.05, 4.69) is 21.2 Å². The molecule has 0 fully saturated rings. The smallest absolute Gasteiger partial charge is 0.257 e. The number of rotatable bonds is 4. The summed E-state index contributed by atoms with van der Waals surface area (Å²) >= 11 is 4.34. The van der Waals surface area contributed by atoms with Crippen LogP contribution in [0.2, 0.25) is 0 Å². The summed E-state index contributed by atoms with van der Waals surface area (Å²) in [5.74, 6) is -2.82. The summed E-state index contributed by atoms with van der Waals surface area (Å²) in [6.45, 7) is -0.121. The number of hydrogen-bond acceptors (Lipinski definition) is 3. The first-order valence-corrected chi connectivity index (χ1v) is 7.35. The molecule has 0 spiro atoms. The van der Waals surface area contributed by atoms with Gasteiger partial charge in [-0.25, -0.2) is 8.78 Å². The van der Waals surface area contributed by atoms with Crippen LogP contribution in [0, 0.1) is 11.6 Å². The second-order valence-electron chi connectivity index (χ2n) is 4.03. The van der Waals surface area contributed by atoms with Gasteiger partial charge in [-0.15, -0.1) is 0 Å². The molecule has 3 nitrogen and oxygen atoms in total. The minimum atomic E-state index is -0.959. The molecule has 1 heterocycles. The van der Waals surface area contributed by atoms with E-state index in [1.54, 1.807) is 16.8 Å². The van der Waals surface area contributed by atoms with Crippen LogP contribution in [0.4, 0.5) is 8.78 Å². The predicted octanol–water partition coefficient (Wildman–Crippen LogP) is 3.25. The lowest BCUT2D eigenvalue weighted by molar-refractivity contribution is 0.0908. The Kier molecular flexibility index (Phi) is 4.85. The maximum absolute atomic E-state index is 13.6. The van der Waals surface area contributed by atoms with Crippen LogP contribution >= 0.6 is 27.3 Å². The van der Waals surface area contributed by atoms with Crippen molar-refractivity contribution in [3.05, 3.63) is 56.2 Å². The van der Waals surface area contributed by atoms with Gasteiger partial charge in [0.1, 0.15) is 17.2 Å². The van der Waals surface area contributed by atoms with Crippen LogP contribution in [-0.4, -0.2) is 17.6 Å². The Bertz CT molecular complexity index is 596. The van der Waals surface area contributed by atoms with Crippen LogP contribution in [0.1, 0.15) is 22.0 Å². The molecule has 20 heavy (non-hydrogen) atoms. The number of carbonyl (C=O) groups is 1. The third-order valence-corrected chi connectivity index (χ3v) is 3.78. The van der Waals surface area contributed by atoms with Crippen molar-refractivity contribution in [2.24, 2.45) is 0 Å². The highest BCUT2D eigenvalue weighted by molar-refractivity contribution is 9.10. The Morgan fingerprint density at radius 1 is 1.40 bits per heavy atom. The van der Waals surface area contributed by atoms with E-state index < -0.39 is 29.2 Å². The number of aliphatic hydroxyl groups excluding tert-OH is 1. The first-order chi connectivity index (χ1) is 9.49. The van der Waals surface area contributed by atoms with Crippen LogP contribution in [-0.2, 0) is 0 Å². The molecular formula is C13H10BrF2NO2S. The van der Waals surface area contributed by atoms with Crippen molar-refractivity contribution in [1.29, 1.82) is 0 Å². The van der Waals surface area contributed by atoms with Gasteiger partial charge in [0.25, 0.3) is 5.91 Å². The fourth-order valence-electron chi connectivity index (χ4n) is 1.62. The average Bonchev–Trinajstić information content (AvgIpc) is 2.88. The van der Waals surface area contributed by atoms with Gasteiger partial charge in [0, 0.05) is 11.0 Å². The number of hydrogen-bond donors (Lipinski definition) is 2. The lowest BCUT2D eigenvalue weighted by Gasteiger charge is -2.11. The highest BCUT2D eigenvalue weighted by Crippen LogP contribution is 2.20. The van der Waals surface area contributed by atoms with E-state index in [1.165, 1.54) is 11.3 Å². The summed E-state index contributed by atoms with van der Waals surface area (Å²) in [5.41, 5.74) is -0.0160. The summed E-state index contributed by atoms with van der Waals surface area (Å²) < 4.78 is 27.3. The topological polar surface area (TPSA) is 49.3 Å². The van der Waals surface area contributed by atoms with Crippen LogP contribution in [0.5, 0.6) is 0 Å². The molecule has 0 aliphatic heterocycles. The minimum absolute atomic E-state index is 0.121. The van der Waals surface area contributed by atoms with Gasteiger partial charge in [0.2, 0.25) is 0 Å². The van der Waals surface area contributed by atoms with Crippen molar-refractivity contribution in [3.8, 4) is 0 Å². The SMILES string of the molecule is O=C(NCC(O)c1ccsc1)c1c(F)cc(Br)cc1F. The molecule has 1 unspecified atom stereocenters. The lowest BCUT2D eigenvalue weighted by atomic mass is 10.1. The number of halogens is 3. The monoisotopic (exact) mass is 361 g/mol. The normalized spacial score (nSPS) is 12.2. The van der Waals surface area contributed by atoms with Crippen LogP contribution < -0.4 is 5.32 Å². The average molecular weight is 362 g/mol. The van der Waals surface area contributed by atoms with Crippen molar-refractivity contribution in [1.82, 2.24) is 5.32 Å². The highest BCUT2D eigenvalue weighted by Gasteiger charge is 2.19. The molecule has 0 saturated carbocycles. The van der Waals surface area contributed by atoms with E-state index in [-0.39, 0.29) is 11.0 Å². The maximum Gasteiger partial charge on any atom is 0.257 e. The zero-order valence-corrected chi connectivity index (χ0v) is 12.5. The first-order valence-electron chi connectivity index (χ1n) is 5.62. The second kappa shape index (κ2) is 6.43. The molecule has 1 aromatic carbocycles. The van der Waals surface area contributed by atoms with Gasteiger partial charge in [-0.3, -0.25) is 4.79 Å². The number of aliphatic hydroxyl groups is 1. The van der Waals surface area contributed by atoms with E-state index >= 15 is 0 Å². The van der Waals surface area contributed by atoms with Crippen molar-refractivity contribution in [2.75, 3.05) is 6.54 Å². The Labute approximate surface area is 126 Å². The van der Waals surface area contributed by atoms with Gasteiger partial charge >= 0.3 is 0 Å². The number of amides is 1. The summed E-state index contributed by atoms with van der Waals surface area (Å²) in [6, 6.07) is 3.73. The van der Waals surface area contributed by atoms with E-state index in [0.717, 1.165) is 12.1 Å². The molecule has 0 aliphatic carbocycles. The van der Waals surface area contributed by atoms with Gasteiger partial charge in [-0.1, -0.05) is 15.9 Å². The summed E-state index contributed by atoms with van der Waals surface area (Å²) in [7, 11) is 0. The van der Waals surface area contributed by atoms with Gasteiger partial charge in [-0.05, 0) is 34.5 Å². The van der Waals surface area contributed by atoms with Crippen LogP contribution in [0.3, 0.4) is 0 Å². The molecule has 1 amide bonds. The van der Waals surface area contributed by atoms with Crippen molar-refractivity contribution in [3.63, 3.8) is 0 Å². The number of thiophene rings is 1. The predicted molar refractivity (Wildman–Crippen MR) is 75.7 cm³/mol. The lowest BCUT2D eigenvalue weighted by Crippen LogP contribution is -2.29. The Morgan fingerprint density at radius 3 is 2.60 bits per heavy atom. The van der Waals surface area contributed by atoms with E-state index in [0.29, 0.717) is 5.56 Å². The molecule has 2 N–H and O–H groups in total. The quantitative estimate of drug-likeness (QED) is 0.877. The number of carbonyl (C=O) groups excluding carboxylic acids is 1. The van der Waals surface area contributed by atoms with Gasteiger partial charge in [0.15, 0.2) is 0 Å². The summed E-state index contributed by atoms with van der Waals surface area (Å²) in [6.07, 6.45) is -0.910. The van der Waals surface area contributed by atoms with Crippen molar-refractivity contribution in [2.45, 2.75) is 6.10 Å². The molecule has 0 bridgehead atoms. The standard InChI is InChI=1S/C13H10BrF2NO2S/c14-8-3-9(15)12(10(16)4-8)13(19)17-5-11(18)7-1-2-20-6-7/h1-4,6,11,18H,5H2,(H,17,19). The third-order valence-electron chi connectivity index (χ3n) is 2.62. The molecular weight excluding hydrogens is 352 g/mol. The molecule has 0 aliphatic rings. The summed E-state index contributed by atoms with van der Waals surface area (Å²) in [5, 5.41) is 15.6. The second-order valence-corrected chi connectivity index (χ2v) is 5.72. The number of nitrogens with one attached hydrogen (secondary N) is 1. The highest BCUT2D eigenvalue weighted by atomic mass is 79.9. The third kappa shape index (κ3) is 3.41. The van der Waals surface area contributed by atoms with Crippen LogP contribution in [0.15, 0.2) is 33.4 Å². The fraction of sp³-hybridized carbons (Fsp3) is 0.154. The molecule has 106 valence electrons. The molecule has 1 atom stereocenters. The van der Waals surface area contributed by atoms with Crippen molar-refractivity contribution >= 4 is 33.2 Å². The Balaban J connectivity index is 2.06. The Hall–Kier alpha value is -1.31. The Morgan fingerprint density at radius 2 is 2.05 bits per heavy atom. The largest absolute Gasteiger partial charge is 0.387 e. The molecule has 1 aromatic heterocycles. The zero-order valence-electron chi connectivity index (χ0n) is 10.1. The fourth-order valence-corrected chi connectivity index (χ4v) is 2.73. The molecule has 7 heteroatoms. The van der Waals surface area contributed by atoms with E-state index in [9.17, 15) is 18.7 Å². The summed E-state index contributed by atoms with van der Waals surface area (Å²) in [4.78, 5) is 11.8. The van der Waals surface area contributed by atoms with E-state index in [4.69, 9.17) is 0 Å². The first kappa shape index (κ1) is 15.1.